The third-order valence-corrected chi connectivity index (χ3v) is 2.93. The van der Waals surface area contributed by atoms with Gasteiger partial charge in [0.05, 0.1) is 6.61 Å². The van der Waals surface area contributed by atoms with Gasteiger partial charge in [0.25, 0.3) is 0 Å². The Kier molecular flexibility index (Phi) is 5.91. The second kappa shape index (κ2) is 7.91. The number of fused-ring (bicyclic) bond motifs is 1. The molecular weight excluding hydrogens is 317 g/mol. The quantitative estimate of drug-likeness (QED) is 0.747. The summed E-state index contributed by atoms with van der Waals surface area (Å²) in [6.45, 7) is -0.924. The van der Waals surface area contributed by atoms with Crippen molar-refractivity contribution in [2.75, 3.05) is 33.1 Å². The zero-order valence-corrected chi connectivity index (χ0v) is 12.2. The second-order valence-electron chi connectivity index (χ2n) is 4.79. The predicted octanol–water partition coefficient (Wildman–Crippen LogP) is 1.84. The molecule has 2 amide bonds. The Labute approximate surface area is 130 Å². The smallest absolute Gasteiger partial charge is 0.411 e. The van der Waals surface area contributed by atoms with Crippen molar-refractivity contribution >= 4 is 6.03 Å². The Hall–Kier alpha value is -2.16. The molecule has 0 saturated carbocycles. The van der Waals surface area contributed by atoms with E-state index in [1.165, 1.54) is 0 Å². The van der Waals surface area contributed by atoms with Gasteiger partial charge in [0.15, 0.2) is 11.5 Å². The molecule has 9 heteroatoms. The van der Waals surface area contributed by atoms with Gasteiger partial charge in [0.2, 0.25) is 6.79 Å². The highest BCUT2D eigenvalue weighted by Gasteiger charge is 2.27. The molecule has 0 bridgehead atoms. The summed E-state index contributed by atoms with van der Waals surface area (Å²) in [5.41, 5.74) is 0.975. The normalized spacial score (nSPS) is 13.0. The van der Waals surface area contributed by atoms with Crippen molar-refractivity contribution in [3.63, 3.8) is 0 Å². The molecule has 23 heavy (non-hydrogen) atoms. The van der Waals surface area contributed by atoms with E-state index < -0.39 is 18.8 Å². The molecule has 1 aromatic rings. The Morgan fingerprint density at radius 1 is 1.17 bits per heavy atom. The van der Waals surface area contributed by atoms with Gasteiger partial charge in [-0.25, -0.2) is 4.79 Å². The fourth-order valence-corrected chi connectivity index (χ4v) is 1.90. The molecule has 0 aromatic heterocycles. The summed E-state index contributed by atoms with van der Waals surface area (Å²) >= 11 is 0. The first-order valence-electron chi connectivity index (χ1n) is 6.99. The molecule has 0 saturated heterocycles. The number of urea groups is 1. The van der Waals surface area contributed by atoms with Gasteiger partial charge in [0.1, 0.15) is 6.61 Å². The Morgan fingerprint density at radius 3 is 2.70 bits per heavy atom. The average Bonchev–Trinajstić information content (AvgIpc) is 2.93. The van der Waals surface area contributed by atoms with Crippen LogP contribution in [0.1, 0.15) is 5.56 Å². The first-order valence-corrected chi connectivity index (χ1v) is 6.99. The Balaban J connectivity index is 1.56. The van der Waals surface area contributed by atoms with Crippen LogP contribution in [0.4, 0.5) is 18.0 Å². The van der Waals surface area contributed by atoms with Crippen LogP contribution in [-0.2, 0) is 11.2 Å². The van der Waals surface area contributed by atoms with Crippen molar-refractivity contribution in [2.45, 2.75) is 12.6 Å². The summed E-state index contributed by atoms with van der Waals surface area (Å²) in [5.74, 6) is 1.37. The Morgan fingerprint density at radius 2 is 1.91 bits per heavy atom. The minimum Gasteiger partial charge on any atom is -0.454 e. The minimum absolute atomic E-state index is 0.00589. The van der Waals surface area contributed by atoms with E-state index in [4.69, 9.17) is 9.47 Å². The van der Waals surface area contributed by atoms with Crippen LogP contribution in [0.25, 0.3) is 0 Å². The molecule has 0 radical (unpaired) electrons. The number of carbonyl (C=O) groups is 1. The van der Waals surface area contributed by atoms with Crippen molar-refractivity contribution in [1.29, 1.82) is 0 Å². The largest absolute Gasteiger partial charge is 0.454 e. The van der Waals surface area contributed by atoms with E-state index in [1.54, 1.807) is 6.07 Å². The van der Waals surface area contributed by atoms with Gasteiger partial charge in [0, 0.05) is 13.1 Å². The molecule has 6 nitrogen and oxygen atoms in total. The lowest BCUT2D eigenvalue weighted by molar-refractivity contribution is -0.173. The molecule has 2 rings (SSSR count). The van der Waals surface area contributed by atoms with Crippen molar-refractivity contribution in [1.82, 2.24) is 10.6 Å². The van der Waals surface area contributed by atoms with Crippen LogP contribution in [0.2, 0.25) is 0 Å². The van der Waals surface area contributed by atoms with Crippen LogP contribution in [0.5, 0.6) is 11.5 Å². The van der Waals surface area contributed by atoms with Gasteiger partial charge in [-0.15, -0.1) is 0 Å². The fourth-order valence-electron chi connectivity index (χ4n) is 1.90. The first kappa shape index (κ1) is 17.2. The number of rotatable bonds is 7. The van der Waals surface area contributed by atoms with E-state index in [1.807, 2.05) is 12.1 Å². The lowest BCUT2D eigenvalue weighted by Crippen LogP contribution is -2.38. The van der Waals surface area contributed by atoms with Gasteiger partial charge in [-0.05, 0) is 24.1 Å². The molecule has 0 atom stereocenters. The molecule has 128 valence electrons. The maximum atomic E-state index is 11.8. The summed E-state index contributed by atoms with van der Waals surface area (Å²) in [6, 6.07) is 5.06. The van der Waals surface area contributed by atoms with Gasteiger partial charge in [-0.1, -0.05) is 6.07 Å². The highest BCUT2D eigenvalue weighted by atomic mass is 19.4. The maximum absolute atomic E-state index is 11.8. The zero-order valence-electron chi connectivity index (χ0n) is 12.2. The molecule has 0 spiro atoms. The fraction of sp³-hybridized carbons (Fsp3) is 0.500. The molecule has 0 fully saturated rings. The predicted molar refractivity (Wildman–Crippen MR) is 74.5 cm³/mol. The lowest BCUT2D eigenvalue weighted by atomic mass is 10.1. The molecular formula is C14H17F3N2O4. The van der Waals surface area contributed by atoms with Gasteiger partial charge in [-0.2, -0.15) is 13.2 Å². The number of halogens is 3. The van der Waals surface area contributed by atoms with Crippen LogP contribution >= 0.6 is 0 Å². The topological polar surface area (TPSA) is 68.8 Å². The van der Waals surface area contributed by atoms with Crippen molar-refractivity contribution in [2.24, 2.45) is 0 Å². The molecule has 1 aliphatic heterocycles. The number of nitrogens with one attached hydrogen (secondary N) is 2. The first-order chi connectivity index (χ1) is 10.9. The van der Waals surface area contributed by atoms with Gasteiger partial charge < -0.3 is 24.8 Å². The highest BCUT2D eigenvalue weighted by molar-refractivity contribution is 5.73. The van der Waals surface area contributed by atoms with Crippen molar-refractivity contribution in [3.05, 3.63) is 23.8 Å². The molecule has 1 aromatic carbocycles. The molecule has 2 N–H and O–H groups in total. The molecule has 1 heterocycles. The summed E-state index contributed by atoms with van der Waals surface area (Å²) in [5, 5.41) is 5.02. The highest BCUT2D eigenvalue weighted by Crippen LogP contribution is 2.32. The summed E-state index contributed by atoms with van der Waals surface area (Å²) in [4.78, 5) is 11.4. The second-order valence-corrected chi connectivity index (χ2v) is 4.79. The van der Waals surface area contributed by atoms with Crippen molar-refractivity contribution in [3.8, 4) is 11.5 Å². The number of amides is 2. The monoisotopic (exact) mass is 334 g/mol. The molecule has 0 aliphatic carbocycles. The van der Waals surface area contributed by atoms with Crippen LogP contribution in [0.3, 0.4) is 0 Å². The van der Waals surface area contributed by atoms with Crippen LogP contribution in [0.15, 0.2) is 18.2 Å². The van der Waals surface area contributed by atoms with Gasteiger partial charge >= 0.3 is 12.2 Å². The van der Waals surface area contributed by atoms with Crippen LogP contribution in [-0.4, -0.2) is 45.3 Å². The van der Waals surface area contributed by atoms with Gasteiger partial charge in [-0.3, -0.25) is 0 Å². The number of hydrogen-bond donors (Lipinski definition) is 2. The number of carbonyl (C=O) groups excluding carboxylic acids is 1. The number of benzene rings is 1. The van der Waals surface area contributed by atoms with E-state index in [0.29, 0.717) is 24.5 Å². The summed E-state index contributed by atoms with van der Waals surface area (Å²) < 4.78 is 50.3. The summed E-state index contributed by atoms with van der Waals surface area (Å²) in [7, 11) is 0. The maximum Gasteiger partial charge on any atom is 0.411 e. The third kappa shape index (κ3) is 6.23. The lowest BCUT2D eigenvalue weighted by Gasteiger charge is -2.09. The van der Waals surface area contributed by atoms with E-state index in [0.717, 1.165) is 5.56 Å². The standard InChI is InChI=1S/C14H17F3N2O4/c15-14(16,17)8-21-6-5-19-13(20)18-4-3-10-1-2-11-12(7-10)23-9-22-11/h1-2,7H,3-6,8-9H2,(H2,18,19,20). The molecule has 0 unspecified atom stereocenters. The van der Waals surface area contributed by atoms with E-state index in [9.17, 15) is 18.0 Å². The van der Waals surface area contributed by atoms with E-state index in [2.05, 4.69) is 15.4 Å². The van der Waals surface area contributed by atoms with Crippen molar-refractivity contribution < 1.29 is 32.2 Å². The zero-order chi connectivity index (χ0) is 16.7. The van der Waals surface area contributed by atoms with E-state index in [-0.39, 0.29) is 19.9 Å². The number of alkyl halides is 3. The van der Waals surface area contributed by atoms with E-state index >= 15 is 0 Å². The van der Waals surface area contributed by atoms with Crippen LogP contribution < -0.4 is 20.1 Å². The average molecular weight is 334 g/mol. The summed E-state index contributed by atoms with van der Waals surface area (Å²) in [6.07, 6.45) is -3.76. The van der Waals surface area contributed by atoms with Crippen LogP contribution in [0, 0.1) is 0 Å². The Bertz CT molecular complexity index is 537. The SMILES string of the molecule is O=C(NCCOCC(F)(F)F)NCCc1ccc2c(c1)OCO2. The number of hydrogen-bond acceptors (Lipinski definition) is 4. The minimum atomic E-state index is -4.35. The number of ether oxygens (including phenoxy) is 3. The third-order valence-electron chi connectivity index (χ3n) is 2.93. The molecule has 1 aliphatic rings.